The molecule has 4 aliphatic rings. The quantitative estimate of drug-likeness (QED) is 0.770. The topological polar surface area (TPSA) is 35.5 Å². The second-order valence-corrected chi connectivity index (χ2v) is 10.7. The molecule has 3 fully saturated rings. The van der Waals surface area contributed by atoms with Crippen molar-refractivity contribution in [2.75, 3.05) is 51.2 Å². The molecular weight excluding hydrogens is 378 g/mol. The first-order valence-electron chi connectivity index (χ1n) is 11.8. The van der Waals surface area contributed by atoms with Crippen molar-refractivity contribution < 1.29 is 0 Å². The molecular formula is C23H33N5S. The summed E-state index contributed by atoms with van der Waals surface area (Å²) in [7, 11) is 2.28. The van der Waals surface area contributed by atoms with Crippen LogP contribution in [0.1, 0.15) is 60.7 Å². The molecule has 2 aliphatic heterocycles. The Balaban J connectivity index is 1.29. The molecule has 2 aromatic rings. The largest absolute Gasteiger partial charge is 0.353 e. The van der Waals surface area contributed by atoms with Crippen LogP contribution < -0.4 is 4.90 Å². The molecule has 6 heteroatoms. The molecule has 0 radical (unpaired) electrons. The number of aryl methyl sites for hydroxylation is 2. The van der Waals surface area contributed by atoms with E-state index in [2.05, 4.69) is 21.7 Å². The Morgan fingerprint density at radius 1 is 0.897 bits per heavy atom. The molecule has 1 atom stereocenters. The highest BCUT2D eigenvalue weighted by Gasteiger charge is 2.32. The summed E-state index contributed by atoms with van der Waals surface area (Å²) in [5.74, 6) is 3.02. The number of likely N-dealkylation sites (N-methyl/N-ethyl adjacent to an activating group) is 1. The fraction of sp³-hybridized carbons (Fsp3) is 0.739. The zero-order valence-corrected chi connectivity index (χ0v) is 18.5. The van der Waals surface area contributed by atoms with Crippen LogP contribution in [0.5, 0.6) is 0 Å². The Morgan fingerprint density at radius 3 is 2.52 bits per heavy atom. The van der Waals surface area contributed by atoms with Crippen molar-refractivity contribution >= 4 is 27.4 Å². The predicted molar refractivity (Wildman–Crippen MR) is 120 cm³/mol. The average Bonchev–Trinajstić information content (AvgIpc) is 3.54. The molecule has 2 saturated heterocycles. The van der Waals surface area contributed by atoms with Gasteiger partial charge in [0.25, 0.3) is 0 Å². The first-order valence-corrected chi connectivity index (χ1v) is 12.6. The monoisotopic (exact) mass is 411 g/mol. The van der Waals surface area contributed by atoms with Crippen LogP contribution in [0, 0.1) is 0 Å². The lowest BCUT2D eigenvalue weighted by molar-refractivity contribution is 0.106. The van der Waals surface area contributed by atoms with Gasteiger partial charge in [-0.15, -0.1) is 11.3 Å². The summed E-state index contributed by atoms with van der Waals surface area (Å²) < 4.78 is 0. The summed E-state index contributed by atoms with van der Waals surface area (Å²) in [6, 6.07) is 0.747. The van der Waals surface area contributed by atoms with Crippen molar-refractivity contribution in [1.29, 1.82) is 0 Å². The number of nitrogens with zero attached hydrogens (tertiary/aromatic N) is 5. The number of fused-ring (bicyclic) bond motifs is 3. The molecule has 1 unspecified atom stereocenters. The summed E-state index contributed by atoms with van der Waals surface area (Å²) in [5, 5.41) is 1.42. The molecule has 0 bridgehead atoms. The Morgan fingerprint density at radius 2 is 1.72 bits per heavy atom. The van der Waals surface area contributed by atoms with E-state index >= 15 is 0 Å². The molecule has 0 spiro atoms. The molecule has 5 nitrogen and oxygen atoms in total. The second-order valence-electron chi connectivity index (χ2n) is 9.65. The van der Waals surface area contributed by atoms with E-state index in [-0.39, 0.29) is 0 Å². The van der Waals surface area contributed by atoms with Crippen LogP contribution in [-0.4, -0.2) is 72.1 Å². The van der Waals surface area contributed by atoms with Crippen molar-refractivity contribution in [1.82, 2.24) is 19.8 Å². The van der Waals surface area contributed by atoms with Crippen LogP contribution in [-0.2, 0) is 12.8 Å². The van der Waals surface area contributed by atoms with Crippen LogP contribution >= 0.6 is 11.3 Å². The van der Waals surface area contributed by atoms with Crippen molar-refractivity contribution in [3.05, 3.63) is 16.3 Å². The molecule has 156 valence electrons. The van der Waals surface area contributed by atoms with E-state index in [1.165, 1.54) is 93.6 Å². The van der Waals surface area contributed by atoms with Crippen molar-refractivity contribution in [2.24, 2.45) is 0 Å². The van der Waals surface area contributed by atoms with E-state index in [0.29, 0.717) is 5.92 Å². The molecule has 4 heterocycles. The molecule has 1 saturated carbocycles. The maximum absolute atomic E-state index is 5.21. The van der Waals surface area contributed by atoms with Crippen LogP contribution in [0.4, 0.5) is 5.82 Å². The minimum Gasteiger partial charge on any atom is -0.353 e. The molecule has 6 rings (SSSR count). The number of likely N-dealkylation sites (tertiary alicyclic amines) is 1. The molecule has 0 aromatic carbocycles. The molecule has 2 aromatic heterocycles. The first kappa shape index (κ1) is 18.5. The fourth-order valence-corrected chi connectivity index (χ4v) is 6.91. The summed E-state index contributed by atoms with van der Waals surface area (Å²) in [6.07, 6.45) is 10.4. The number of thiophene rings is 1. The molecule has 29 heavy (non-hydrogen) atoms. The zero-order chi connectivity index (χ0) is 19.4. The predicted octanol–water partition coefficient (Wildman–Crippen LogP) is 3.66. The number of hydrogen-bond acceptors (Lipinski definition) is 6. The number of piperidine rings is 1. The standard InChI is InChI=1S/C23H33N5S/c1-26-10-4-5-17(15-26)27-11-13-28(14-12-27)22-20-18-6-2-3-7-19(18)29-23(20)25-21(24-22)16-8-9-16/h16-17H,2-15H2,1H3. The Kier molecular flexibility index (Phi) is 4.77. The number of aromatic nitrogens is 2. The maximum atomic E-state index is 5.21. The normalized spacial score (nSPS) is 26.8. The van der Waals surface area contributed by atoms with Gasteiger partial charge < -0.3 is 9.80 Å². The first-order chi connectivity index (χ1) is 14.3. The van der Waals surface area contributed by atoms with E-state index < -0.39 is 0 Å². The number of rotatable bonds is 3. The van der Waals surface area contributed by atoms with Crippen molar-refractivity contribution in [2.45, 2.75) is 63.3 Å². The van der Waals surface area contributed by atoms with Crippen LogP contribution in [0.15, 0.2) is 0 Å². The summed E-state index contributed by atoms with van der Waals surface area (Å²) in [4.78, 5) is 21.0. The lowest BCUT2D eigenvalue weighted by Crippen LogP contribution is -2.54. The van der Waals surface area contributed by atoms with Gasteiger partial charge in [0.1, 0.15) is 16.5 Å². The number of piperazine rings is 1. The van der Waals surface area contributed by atoms with E-state index in [4.69, 9.17) is 9.97 Å². The van der Waals surface area contributed by atoms with E-state index in [0.717, 1.165) is 25.0 Å². The summed E-state index contributed by atoms with van der Waals surface area (Å²) in [5.41, 5.74) is 1.59. The second kappa shape index (κ2) is 7.47. The van der Waals surface area contributed by atoms with Gasteiger partial charge in [-0.3, -0.25) is 4.90 Å². The van der Waals surface area contributed by atoms with Crippen LogP contribution in [0.3, 0.4) is 0 Å². The van der Waals surface area contributed by atoms with Gasteiger partial charge in [0, 0.05) is 49.6 Å². The molecule has 0 N–H and O–H groups in total. The van der Waals surface area contributed by atoms with Gasteiger partial charge in [-0.2, -0.15) is 0 Å². The Hall–Kier alpha value is -1.24. The molecule has 2 aliphatic carbocycles. The van der Waals surface area contributed by atoms with Gasteiger partial charge in [0.2, 0.25) is 0 Å². The summed E-state index contributed by atoms with van der Waals surface area (Å²) >= 11 is 1.97. The highest BCUT2D eigenvalue weighted by molar-refractivity contribution is 7.19. The average molecular weight is 412 g/mol. The van der Waals surface area contributed by atoms with Crippen LogP contribution in [0.2, 0.25) is 0 Å². The van der Waals surface area contributed by atoms with Crippen LogP contribution in [0.25, 0.3) is 10.2 Å². The molecule has 0 amide bonds. The fourth-order valence-electron chi connectivity index (χ4n) is 5.64. The van der Waals surface area contributed by atoms with Gasteiger partial charge >= 0.3 is 0 Å². The Labute approximate surface area is 178 Å². The minimum absolute atomic E-state index is 0.622. The van der Waals surface area contributed by atoms with Gasteiger partial charge in [0.15, 0.2) is 0 Å². The van der Waals surface area contributed by atoms with Gasteiger partial charge in [-0.1, -0.05) is 0 Å². The van der Waals surface area contributed by atoms with Gasteiger partial charge in [-0.25, -0.2) is 9.97 Å². The van der Waals surface area contributed by atoms with Gasteiger partial charge in [0.05, 0.1) is 5.39 Å². The summed E-state index contributed by atoms with van der Waals surface area (Å²) in [6.45, 7) is 7.08. The minimum atomic E-state index is 0.622. The van der Waals surface area contributed by atoms with Gasteiger partial charge in [-0.05, 0) is 70.5 Å². The van der Waals surface area contributed by atoms with Crippen molar-refractivity contribution in [3.8, 4) is 0 Å². The third-order valence-electron chi connectivity index (χ3n) is 7.49. The number of hydrogen-bond donors (Lipinski definition) is 0. The van der Waals surface area contributed by atoms with E-state index in [1.807, 2.05) is 11.3 Å². The lowest BCUT2D eigenvalue weighted by atomic mass is 9.96. The lowest BCUT2D eigenvalue weighted by Gasteiger charge is -2.43. The van der Waals surface area contributed by atoms with Crippen molar-refractivity contribution in [3.63, 3.8) is 0 Å². The van der Waals surface area contributed by atoms with E-state index in [9.17, 15) is 0 Å². The highest BCUT2D eigenvalue weighted by atomic mass is 32.1. The SMILES string of the molecule is CN1CCCC(N2CCN(c3nc(C4CC4)nc4sc5c(c34)CCCC5)CC2)C1. The van der Waals surface area contributed by atoms with E-state index in [1.54, 1.807) is 10.4 Å². The number of anilines is 1. The highest BCUT2D eigenvalue weighted by Crippen LogP contribution is 2.44. The smallest absolute Gasteiger partial charge is 0.141 e. The Bertz CT molecular complexity index is 896. The maximum Gasteiger partial charge on any atom is 0.141 e. The third-order valence-corrected chi connectivity index (χ3v) is 8.67. The zero-order valence-electron chi connectivity index (χ0n) is 17.7. The third kappa shape index (κ3) is 3.47.